The molecule has 1 N–H and O–H groups in total. The maximum Gasteiger partial charge on any atom is 0.253 e. The van der Waals surface area contributed by atoms with Crippen LogP contribution in [0.25, 0.3) is 0 Å². The summed E-state index contributed by atoms with van der Waals surface area (Å²) in [6, 6.07) is 5.99. The van der Waals surface area contributed by atoms with Crippen molar-refractivity contribution in [1.29, 1.82) is 0 Å². The largest absolute Gasteiger partial charge is 0.379 e. The molecule has 0 unspecified atom stereocenters. The third kappa shape index (κ3) is 4.19. The van der Waals surface area contributed by atoms with Gasteiger partial charge in [0.25, 0.3) is 5.91 Å². The van der Waals surface area contributed by atoms with Crippen molar-refractivity contribution in [2.45, 2.75) is 25.9 Å². The average molecular weight is 311 g/mol. The van der Waals surface area contributed by atoms with Crippen LogP contribution in [0, 0.1) is 5.92 Å². The number of benzene rings is 1. The van der Waals surface area contributed by atoms with Crippen LogP contribution in [-0.2, 0) is 17.8 Å². The molecule has 0 bridgehead atoms. The van der Waals surface area contributed by atoms with E-state index in [9.17, 15) is 4.79 Å². The van der Waals surface area contributed by atoms with Crippen LogP contribution in [0.4, 0.5) is 0 Å². The molecular formula is C16H23ClN2O2. The van der Waals surface area contributed by atoms with Crippen LogP contribution in [0.2, 0.25) is 0 Å². The minimum atomic E-state index is 0. The Hall–Kier alpha value is -1.10. The van der Waals surface area contributed by atoms with Crippen molar-refractivity contribution in [3.63, 3.8) is 0 Å². The lowest BCUT2D eigenvalue weighted by Crippen LogP contribution is -2.30. The fourth-order valence-corrected chi connectivity index (χ4v) is 2.49. The van der Waals surface area contributed by atoms with Gasteiger partial charge < -0.3 is 15.0 Å². The molecule has 5 heteroatoms. The molecule has 0 spiro atoms. The van der Waals surface area contributed by atoms with Crippen LogP contribution in [0.3, 0.4) is 0 Å². The van der Waals surface area contributed by atoms with Crippen molar-refractivity contribution in [2.24, 2.45) is 5.92 Å². The summed E-state index contributed by atoms with van der Waals surface area (Å²) >= 11 is 0. The SMILES string of the molecule is CN(CCOCC1CC1)C(=O)c1ccc2c(c1)CNC2.Cl. The third-order valence-electron chi connectivity index (χ3n) is 4.05. The van der Waals surface area contributed by atoms with E-state index in [0.29, 0.717) is 13.2 Å². The van der Waals surface area contributed by atoms with E-state index >= 15 is 0 Å². The lowest BCUT2D eigenvalue weighted by Gasteiger charge is -2.17. The number of likely N-dealkylation sites (N-methyl/N-ethyl adjacent to an activating group) is 1. The highest BCUT2D eigenvalue weighted by Crippen LogP contribution is 2.28. The molecule has 0 atom stereocenters. The predicted molar refractivity (Wildman–Crippen MR) is 84.7 cm³/mol. The van der Waals surface area contributed by atoms with Crippen molar-refractivity contribution < 1.29 is 9.53 Å². The highest BCUT2D eigenvalue weighted by molar-refractivity contribution is 5.94. The van der Waals surface area contributed by atoms with Gasteiger partial charge >= 0.3 is 0 Å². The van der Waals surface area contributed by atoms with E-state index in [4.69, 9.17) is 4.74 Å². The summed E-state index contributed by atoms with van der Waals surface area (Å²) in [5, 5.41) is 3.30. The van der Waals surface area contributed by atoms with Crippen molar-refractivity contribution in [3.05, 3.63) is 34.9 Å². The highest BCUT2D eigenvalue weighted by atomic mass is 35.5. The van der Waals surface area contributed by atoms with Gasteiger partial charge in [-0.1, -0.05) is 6.07 Å². The van der Waals surface area contributed by atoms with Gasteiger partial charge in [0, 0.05) is 38.9 Å². The highest BCUT2D eigenvalue weighted by Gasteiger charge is 2.21. The second-order valence-electron chi connectivity index (χ2n) is 5.83. The van der Waals surface area contributed by atoms with Gasteiger partial charge in [-0.05, 0) is 42.0 Å². The summed E-state index contributed by atoms with van der Waals surface area (Å²) in [7, 11) is 1.84. The number of halogens is 1. The molecule has 0 aromatic heterocycles. The molecule has 0 radical (unpaired) electrons. The fourth-order valence-electron chi connectivity index (χ4n) is 2.49. The number of fused-ring (bicyclic) bond motifs is 1. The minimum Gasteiger partial charge on any atom is -0.379 e. The second-order valence-corrected chi connectivity index (χ2v) is 5.83. The Morgan fingerprint density at radius 2 is 2.10 bits per heavy atom. The van der Waals surface area contributed by atoms with Gasteiger partial charge in [-0.25, -0.2) is 0 Å². The van der Waals surface area contributed by atoms with E-state index in [0.717, 1.165) is 31.2 Å². The molecule has 1 aliphatic carbocycles. The summed E-state index contributed by atoms with van der Waals surface area (Å²) in [6.45, 7) is 3.91. The number of hydrogen-bond donors (Lipinski definition) is 1. The van der Waals surface area contributed by atoms with Gasteiger partial charge in [0.15, 0.2) is 0 Å². The zero-order valence-corrected chi connectivity index (χ0v) is 13.2. The maximum absolute atomic E-state index is 12.3. The number of ether oxygens (including phenoxy) is 1. The van der Waals surface area contributed by atoms with E-state index < -0.39 is 0 Å². The van der Waals surface area contributed by atoms with Gasteiger partial charge in [-0.2, -0.15) is 0 Å². The number of amides is 1. The van der Waals surface area contributed by atoms with Crippen LogP contribution < -0.4 is 5.32 Å². The number of carbonyl (C=O) groups is 1. The van der Waals surface area contributed by atoms with E-state index in [1.165, 1.54) is 24.0 Å². The first-order chi connectivity index (χ1) is 9.74. The fraction of sp³-hybridized carbons (Fsp3) is 0.562. The number of carbonyl (C=O) groups excluding carboxylic acids is 1. The molecule has 1 heterocycles. The zero-order chi connectivity index (χ0) is 13.9. The molecule has 1 saturated carbocycles. The molecule has 21 heavy (non-hydrogen) atoms. The Kier molecular flexibility index (Phi) is 5.62. The van der Waals surface area contributed by atoms with E-state index in [1.54, 1.807) is 4.90 Å². The van der Waals surface area contributed by atoms with Crippen LogP contribution in [0.15, 0.2) is 18.2 Å². The van der Waals surface area contributed by atoms with Gasteiger partial charge in [0.2, 0.25) is 0 Å². The van der Waals surface area contributed by atoms with E-state index in [1.807, 2.05) is 19.2 Å². The number of nitrogens with one attached hydrogen (secondary N) is 1. The van der Waals surface area contributed by atoms with Crippen molar-refractivity contribution >= 4 is 18.3 Å². The molecule has 3 rings (SSSR count). The van der Waals surface area contributed by atoms with Gasteiger partial charge in [0.1, 0.15) is 0 Å². The van der Waals surface area contributed by atoms with Crippen LogP contribution in [0.1, 0.15) is 34.3 Å². The van der Waals surface area contributed by atoms with Crippen LogP contribution >= 0.6 is 12.4 Å². The lowest BCUT2D eigenvalue weighted by molar-refractivity contribution is 0.0681. The standard InChI is InChI=1S/C16H22N2O2.ClH/c1-18(6-7-20-11-12-2-3-12)16(19)13-4-5-14-9-17-10-15(14)8-13;/h4-5,8,12,17H,2-3,6-7,9-11H2,1H3;1H. The zero-order valence-electron chi connectivity index (χ0n) is 12.4. The molecule has 2 aliphatic rings. The summed E-state index contributed by atoms with van der Waals surface area (Å²) in [6.07, 6.45) is 2.61. The van der Waals surface area contributed by atoms with Crippen molar-refractivity contribution in [2.75, 3.05) is 26.8 Å². The smallest absolute Gasteiger partial charge is 0.253 e. The molecule has 0 saturated heterocycles. The Bertz CT molecular complexity index is 503. The first-order valence-electron chi connectivity index (χ1n) is 7.40. The molecule has 1 aliphatic heterocycles. The molecule has 1 amide bonds. The molecular weight excluding hydrogens is 288 g/mol. The van der Waals surface area contributed by atoms with Crippen molar-refractivity contribution in [1.82, 2.24) is 10.2 Å². The van der Waals surface area contributed by atoms with Gasteiger partial charge in [-0.3, -0.25) is 4.79 Å². The van der Waals surface area contributed by atoms with Crippen LogP contribution in [0.5, 0.6) is 0 Å². The van der Waals surface area contributed by atoms with Gasteiger partial charge in [0.05, 0.1) is 6.61 Å². The van der Waals surface area contributed by atoms with E-state index in [2.05, 4.69) is 11.4 Å². The van der Waals surface area contributed by atoms with Gasteiger partial charge in [-0.15, -0.1) is 12.4 Å². The lowest BCUT2D eigenvalue weighted by atomic mass is 10.1. The molecule has 1 fully saturated rings. The maximum atomic E-state index is 12.3. The second kappa shape index (κ2) is 7.25. The number of rotatable bonds is 6. The third-order valence-corrected chi connectivity index (χ3v) is 4.05. The first-order valence-corrected chi connectivity index (χ1v) is 7.40. The first kappa shape index (κ1) is 16.3. The quantitative estimate of drug-likeness (QED) is 0.819. The van der Waals surface area contributed by atoms with E-state index in [-0.39, 0.29) is 18.3 Å². The minimum absolute atomic E-state index is 0. The molecule has 116 valence electrons. The summed E-state index contributed by atoms with van der Waals surface area (Å²) in [5.41, 5.74) is 3.32. The topological polar surface area (TPSA) is 41.6 Å². The van der Waals surface area contributed by atoms with Crippen molar-refractivity contribution in [3.8, 4) is 0 Å². The van der Waals surface area contributed by atoms with Crippen LogP contribution in [-0.4, -0.2) is 37.6 Å². The average Bonchev–Trinajstić information content (AvgIpc) is 3.17. The normalized spacial score (nSPS) is 16.2. The summed E-state index contributed by atoms with van der Waals surface area (Å²) in [4.78, 5) is 14.1. The Morgan fingerprint density at radius 3 is 2.86 bits per heavy atom. The molecule has 4 nitrogen and oxygen atoms in total. The summed E-state index contributed by atoms with van der Waals surface area (Å²) in [5.74, 6) is 0.856. The summed E-state index contributed by atoms with van der Waals surface area (Å²) < 4.78 is 5.58. The molecule has 1 aromatic rings. The molecule has 1 aromatic carbocycles. The predicted octanol–water partition coefficient (Wildman–Crippen LogP) is 2.21. The Labute approximate surface area is 132 Å². The monoisotopic (exact) mass is 310 g/mol. The number of hydrogen-bond acceptors (Lipinski definition) is 3. The Morgan fingerprint density at radius 1 is 1.33 bits per heavy atom. The Balaban J connectivity index is 0.00000161. The number of nitrogens with zero attached hydrogens (tertiary/aromatic N) is 1.